The molecule has 1 heterocycles. The van der Waals surface area contributed by atoms with Crippen molar-refractivity contribution < 1.29 is 9.53 Å². The molecule has 1 amide bonds. The van der Waals surface area contributed by atoms with Gasteiger partial charge in [0.15, 0.2) is 5.16 Å². The number of nitrogens with zero attached hydrogens (tertiary/aromatic N) is 2. The molecule has 0 unspecified atom stereocenters. The minimum atomic E-state index is -0.168. The summed E-state index contributed by atoms with van der Waals surface area (Å²) in [5.74, 6) is 1.32. The number of carbonyl (C=O) groups is 1. The second-order valence-corrected chi connectivity index (χ2v) is 5.24. The maximum Gasteiger partial charge on any atom is 0.234 e. The fourth-order valence-electron chi connectivity index (χ4n) is 1.65. The molecule has 116 valence electrons. The topological polar surface area (TPSA) is 116 Å². The number of nitrogens with one attached hydrogen (secondary N) is 1. The molecule has 0 radical (unpaired) electrons. The number of hydrogen-bond acceptors (Lipinski definition) is 7. The highest BCUT2D eigenvalue weighted by Gasteiger charge is 2.07. The molecule has 0 aliphatic heterocycles. The van der Waals surface area contributed by atoms with Crippen LogP contribution in [-0.4, -0.2) is 28.2 Å². The minimum Gasteiger partial charge on any atom is -0.494 e. The Morgan fingerprint density at radius 3 is 2.45 bits per heavy atom. The molecule has 0 bridgehead atoms. The van der Waals surface area contributed by atoms with Crippen molar-refractivity contribution in [2.45, 2.75) is 12.1 Å². The van der Waals surface area contributed by atoms with Crippen LogP contribution >= 0.6 is 11.8 Å². The molecule has 0 aliphatic rings. The smallest absolute Gasteiger partial charge is 0.234 e. The van der Waals surface area contributed by atoms with Gasteiger partial charge in [0, 0.05) is 11.8 Å². The van der Waals surface area contributed by atoms with E-state index in [0.29, 0.717) is 17.5 Å². The molecule has 8 heteroatoms. The van der Waals surface area contributed by atoms with Crippen molar-refractivity contribution in [2.24, 2.45) is 0 Å². The Labute approximate surface area is 132 Å². The number of benzene rings is 1. The first-order valence-electron chi connectivity index (χ1n) is 6.62. The maximum atomic E-state index is 11.9. The summed E-state index contributed by atoms with van der Waals surface area (Å²) in [7, 11) is 0. The molecular weight excluding hydrogens is 302 g/mol. The highest BCUT2D eigenvalue weighted by molar-refractivity contribution is 7.99. The number of nitrogen functional groups attached to an aromatic ring is 2. The summed E-state index contributed by atoms with van der Waals surface area (Å²) >= 11 is 1.17. The summed E-state index contributed by atoms with van der Waals surface area (Å²) in [6, 6.07) is 8.62. The van der Waals surface area contributed by atoms with Gasteiger partial charge in [-0.05, 0) is 31.2 Å². The minimum absolute atomic E-state index is 0.163. The van der Waals surface area contributed by atoms with Gasteiger partial charge in [-0.3, -0.25) is 4.79 Å². The fourth-order valence-corrected chi connectivity index (χ4v) is 2.33. The van der Waals surface area contributed by atoms with Crippen LogP contribution in [0.25, 0.3) is 0 Å². The number of carbonyl (C=O) groups excluding carboxylic acids is 1. The average molecular weight is 319 g/mol. The van der Waals surface area contributed by atoms with Crippen molar-refractivity contribution in [1.82, 2.24) is 9.97 Å². The lowest BCUT2D eigenvalue weighted by atomic mass is 10.3. The zero-order chi connectivity index (χ0) is 15.9. The number of amides is 1. The van der Waals surface area contributed by atoms with Crippen LogP contribution in [0.4, 0.5) is 17.3 Å². The quantitative estimate of drug-likeness (QED) is 0.549. The second kappa shape index (κ2) is 7.51. The molecule has 0 aliphatic carbocycles. The Hall–Kier alpha value is -2.48. The van der Waals surface area contributed by atoms with Gasteiger partial charge in [0.25, 0.3) is 0 Å². The van der Waals surface area contributed by atoms with E-state index >= 15 is 0 Å². The first-order valence-corrected chi connectivity index (χ1v) is 7.61. The summed E-state index contributed by atoms with van der Waals surface area (Å²) in [6.45, 7) is 2.52. The van der Waals surface area contributed by atoms with Gasteiger partial charge < -0.3 is 21.5 Å². The molecule has 0 atom stereocenters. The van der Waals surface area contributed by atoms with E-state index in [0.717, 1.165) is 5.75 Å². The first-order chi connectivity index (χ1) is 10.6. The monoisotopic (exact) mass is 319 g/mol. The van der Waals surface area contributed by atoms with Crippen LogP contribution in [0.3, 0.4) is 0 Å². The van der Waals surface area contributed by atoms with E-state index in [2.05, 4.69) is 15.3 Å². The standard InChI is InChI=1S/C14H17N5O2S/c1-2-21-10-5-3-9(4-6-10)17-13(20)8-22-14-18-11(15)7-12(16)19-14/h3-7H,2,8H2,1H3,(H,17,20)(H4,15,16,18,19). The maximum absolute atomic E-state index is 11.9. The molecule has 0 saturated carbocycles. The predicted molar refractivity (Wildman–Crippen MR) is 87.8 cm³/mol. The van der Waals surface area contributed by atoms with E-state index in [4.69, 9.17) is 16.2 Å². The van der Waals surface area contributed by atoms with Crippen molar-refractivity contribution in [3.05, 3.63) is 30.3 Å². The SMILES string of the molecule is CCOc1ccc(NC(=O)CSc2nc(N)cc(N)n2)cc1. The number of rotatable bonds is 6. The van der Waals surface area contributed by atoms with E-state index in [1.54, 1.807) is 24.3 Å². The third-order valence-corrected chi connectivity index (χ3v) is 3.37. The van der Waals surface area contributed by atoms with Crippen molar-refractivity contribution in [2.75, 3.05) is 29.1 Å². The third kappa shape index (κ3) is 4.81. The molecule has 0 saturated heterocycles. The number of nitrogens with two attached hydrogens (primary N) is 2. The number of anilines is 3. The van der Waals surface area contributed by atoms with Gasteiger partial charge in [-0.1, -0.05) is 11.8 Å². The van der Waals surface area contributed by atoms with E-state index in [-0.39, 0.29) is 23.3 Å². The average Bonchev–Trinajstić information content (AvgIpc) is 2.47. The third-order valence-electron chi connectivity index (χ3n) is 2.53. The molecule has 1 aromatic carbocycles. The van der Waals surface area contributed by atoms with Crippen LogP contribution in [-0.2, 0) is 4.79 Å². The lowest BCUT2D eigenvalue weighted by molar-refractivity contribution is -0.113. The van der Waals surface area contributed by atoms with Gasteiger partial charge in [0.1, 0.15) is 17.4 Å². The highest BCUT2D eigenvalue weighted by atomic mass is 32.2. The number of thioether (sulfide) groups is 1. The van der Waals surface area contributed by atoms with Gasteiger partial charge in [-0.15, -0.1) is 0 Å². The van der Waals surface area contributed by atoms with E-state index in [9.17, 15) is 4.79 Å². The van der Waals surface area contributed by atoms with E-state index < -0.39 is 0 Å². The number of aromatic nitrogens is 2. The molecule has 2 rings (SSSR count). The van der Waals surface area contributed by atoms with Gasteiger partial charge in [-0.2, -0.15) is 0 Å². The van der Waals surface area contributed by atoms with Crippen molar-refractivity contribution >= 4 is 35.0 Å². The first kappa shape index (κ1) is 15.9. The fraction of sp³-hybridized carbons (Fsp3) is 0.214. The zero-order valence-corrected chi connectivity index (χ0v) is 12.9. The summed E-state index contributed by atoms with van der Waals surface area (Å²) in [4.78, 5) is 19.9. The molecule has 22 heavy (non-hydrogen) atoms. The summed E-state index contributed by atoms with van der Waals surface area (Å²) < 4.78 is 5.34. The molecule has 0 spiro atoms. The van der Waals surface area contributed by atoms with E-state index in [1.165, 1.54) is 17.8 Å². The zero-order valence-electron chi connectivity index (χ0n) is 12.1. The van der Waals surface area contributed by atoms with E-state index in [1.807, 2.05) is 6.92 Å². The molecule has 0 fully saturated rings. The molecular formula is C14H17N5O2S. The predicted octanol–water partition coefficient (Wildman–Crippen LogP) is 1.77. The molecule has 2 aromatic rings. The molecule has 7 nitrogen and oxygen atoms in total. The van der Waals surface area contributed by atoms with Crippen LogP contribution in [0.15, 0.2) is 35.5 Å². The summed E-state index contributed by atoms with van der Waals surface area (Å²) in [6.07, 6.45) is 0. The Bertz CT molecular complexity index is 628. The largest absolute Gasteiger partial charge is 0.494 e. The molecule has 5 N–H and O–H groups in total. The Kier molecular flexibility index (Phi) is 5.42. The van der Waals surface area contributed by atoms with Crippen LogP contribution < -0.4 is 21.5 Å². The second-order valence-electron chi connectivity index (χ2n) is 4.29. The van der Waals surface area contributed by atoms with Crippen LogP contribution in [0.5, 0.6) is 5.75 Å². The number of hydrogen-bond donors (Lipinski definition) is 3. The Morgan fingerprint density at radius 1 is 1.23 bits per heavy atom. The summed E-state index contributed by atoms with van der Waals surface area (Å²) in [5.41, 5.74) is 11.8. The van der Waals surface area contributed by atoms with Gasteiger partial charge >= 0.3 is 0 Å². The van der Waals surface area contributed by atoms with Crippen LogP contribution in [0, 0.1) is 0 Å². The number of ether oxygens (including phenoxy) is 1. The van der Waals surface area contributed by atoms with Crippen molar-refractivity contribution in [3.63, 3.8) is 0 Å². The van der Waals surface area contributed by atoms with Crippen molar-refractivity contribution in [3.8, 4) is 5.75 Å². The summed E-state index contributed by atoms with van der Waals surface area (Å²) in [5, 5.41) is 3.15. The lowest BCUT2D eigenvalue weighted by Gasteiger charge is -2.07. The van der Waals surface area contributed by atoms with Gasteiger partial charge in [0.2, 0.25) is 5.91 Å². The lowest BCUT2D eigenvalue weighted by Crippen LogP contribution is -2.14. The van der Waals surface area contributed by atoms with Crippen LogP contribution in [0.1, 0.15) is 6.92 Å². The normalized spacial score (nSPS) is 10.2. The Morgan fingerprint density at radius 2 is 1.86 bits per heavy atom. The van der Waals surface area contributed by atoms with Gasteiger partial charge in [0.05, 0.1) is 12.4 Å². The molecule has 1 aromatic heterocycles. The Balaban J connectivity index is 1.87. The van der Waals surface area contributed by atoms with Crippen molar-refractivity contribution in [1.29, 1.82) is 0 Å². The highest BCUT2D eigenvalue weighted by Crippen LogP contribution is 2.18. The van der Waals surface area contributed by atoms with Crippen LogP contribution in [0.2, 0.25) is 0 Å². The van der Waals surface area contributed by atoms with Gasteiger partial charge in [-0.25, -0.2) is 9.97 Å².